The minimum atomic E-state index is -1.61. The summed E-state index contributed by atoms with van der Waals surface area (Å²) in [5.41, 5.74) is 1.86. The molecule has 2 aromatic rings. The number of carbonyl (C=O) groups excluding carboxylic acids is 2. The van der Waals surface area contributed by atoms with E-state index in [9.17, 15) is 14.4 Å². The Morgan fingerprint density at radius 3 is 1.73 bits per heavy atom. The normalized spacial score (nSPS) is 10.6. The van der Waals surface area contributed by atoms with Gasteiger partial charge in [-0.1, -0.05) is 47.5 Å². The molecule has 0 aliphatic carbocycles. The fourth-order valence-electron chi connectivity index (χ4n) is 2.52. The lowest BCUT2D eigenvalue weighted by molar-refractivity contribution is -0.151. The predicted octanol–water partition coefficient (Wildman–Crippen LogP) is 3.63. The third-order valence-electron chi connectivity index (χ3n) is 3.98. The highest BCUT2D eigenvalue weighted by Crippen LogP contribution is 2.28. The predicted molar refractivity (Wildman–Crippen MR) is 99.6 cm³/mol. The maximum Gasteiger partial charge on any atom is 0.372 e. The zero-order chi connectivity index (χ0) is 19.3. The first-order valence-corrected chi connectivity index (χ1v) is 8.54. The van der Waals surface area contributed by atoms with Crippen LogP contribution in [0.1, 0.15) is 23.5 Å². The lowest BCUT2D eigenvalue weighted by atomic mass is 9.91. The Hall–Kier alpha value is -2.37. The average molecular weight is 394 g/mol. The molecule has 0 fully saturated rings. The molecule has 0 saturated heterocycles. The van der Waals surface area contributed by atoms with E-state index in [0.717, 1.165) is 11.1 Å². The molecule has 1 amide bonds. The molecular weight excluding hydrogens is 377 g/mol. The summed E-state index contributed by atoms with van der Waals surface area (Å²) in [6.07, 6.45) is -0.667. The molecule has 26 heavy (non-hydrogen) atoms. The van der Waals surface area contributed by atoms with Gasteiger partial charge in [-0.05, 0) is 35.4 Å². The van der Waals surface area contributed by atoms with Gasteiger partial charge < -0.3 is 10.0 Å². The second-order valence-corrected chi connectivity index (χ2v) is 6.71. The van der Waals surface area contributed by atoms with E-state index in [4.69, 9.17) is 28.3 Å². The summed E-state index contributed by atoms with van der Waals surface area (Å²) >= 11 is 11.9. The van der Waals surface area contributed by atoms with Crippen LogP contribution in [-0.2, 0) is 14.4 Å². The monoisotopic (exact) mass is 393 g/mol. The van der Waals surface area contributed by atoms with Gasteiger partial charge in [-0.3, -0.25) is 9.59 Å². The summed E-state index contributed by atoms with van der Waals surface area (Å²) in [5, 5.41) is 9.85. The van der Waals surface area contributed by atoms with Crippen LogP contribution in [0, 0.1) is 0 Å². The molecule has 0 radical (unpaired) electrons. The zero-order valence-corrected chi connectivity index (χ0v) is 15.5. The standard InChI is InChI=1S/C19H17Cl2NO4/c1-22(18(24)10-17(23)19(25)26)11-16(12-2-6-14(20)7-3-12)13-4-8-15(21)9-5-13/h2-9,16H,10-11H2,1H3,(H,25,26). The zero-order valence-electron chi connectivity index (χ0n) is 14.0. The summed E-state index contributed by atoms with van der Waals surface area (Å²) in [4.78, 5) is 35.4. The number of rotatable bonds is 7. The highest BCUT2D eigenvalue weighted by atomic mass is 35.5. The van der Waals surface area contributed by atoms with Crippen LogP contribution in [0.5, 0.6) is 0 Å². The van der Waals surface area contributed by atoms with E-state index in [2.05, 4.69) is 0 Å². The quantitative estimate of drug-likeness (QED) is 0.575. The van der Waals surface area contributed by atoms with Gasteiger partial charge in [-0.2, -0.15) is 0 Å². The van der Waals surface area contributed by atoms with Crippen molar-refractivity contribution in [3.05, 3.63) is 69.7 Å². The number of hydrogen-bond donors (Lipinski definition) is 1. The van der Waals surface area contributed by atoms with Crippen LogP contribution in [0.15, 0.2) is 48.5 Å². The summed E-state index contributed by atoms with van der Waals surface area (Å²) < 4.78 is 0. The van der Waals surface area contributed by atoms with E-state index in [1.165, 1.54) is 11.9 Å². The van der Waals surface area contributed by atoms with Gasteiger partial charge >= 0.3 is 5.97 Å². The van der Waals surface area contributed by atoms with Crippen molar-refractivity contribution in [2.45, 2.75) is 12.3 Å². The van der Waals surface area contributed by atoms with E-state index in [1.807, 2.05) is 24.3 Å². The number of ketones is 1. The summed E-state index contributed by atoms with van der Waals surface area (Å²) in [5.74, 6) is -3.47. The lowest BCUT2D eigenvalue weighted by Gasteiger charge is -2.25. The number of amides is 1. The van der Waals surface area contributed by atoms with Crippen LogP contribution < -0.4 is 0 Å². The molecule has 5 nitrogen and oxygen atoms in total. The van der Waals surface area contributed by atoms with Gasteiger partial charge in [-0.25, -0.2) is 4.79 Å². The number of hydrogen-bond acceptors (Lipinski definition) is 3. The van der Waals surface area contributed by atoms with Gasteiger partial charge in [0, 0.05) is 29.6 Å². The van der Waals surface area contributed by atoms with Crippen molar-refractivity contribution in [2.75, 3.05) is 13.6 Å². The SMILES string of the molecule is CN(CC(c1ccc(Cl)cc1)c1ccc(Cl)cc1)C(=O)CC(=O)C(=O)O. The molecule has 0 aliphatic rings. The number of carbonyl (C=O) groups is 3. The van der Waals surface area contributed by atoms with E-state index in [0.29, 0.717) is 10.0 Å². The van der Waals surface area contributed by atoms with Crippen LogP contribution in [-0.4, -0.2) is 41.3 Å². The number of halogens is 2. The molecule has 7 heteroatoms. The molecule has 0 spiro atoms. The first-order valence-electron chi connectivity index (χ1n) is 7.79. The van der Waals surface area contributed by atoms with Gasteiger partial charge in [0.15, 0.2) is 0 Å². The number of Topliss-reactive ketones (excluding diaryl/α,β-unsaturated/α-hetero) is 1. The molecule has 0 bridgehead atoms. The van der Waals surface area contributed by atoms with Crippen LogP contribution in [0.4, 0.5) is 0 Å². The van der Waals surface area contributed by atoms with Crippen molar-refractivity contribution < 1.29 is 19.5 Å². The van der Waals surface area contributed by atoms with Crippen molar-refractivity contribution in [3.8, 4) is 0 Å². The first-order chi connectivity index (χ1) is 12.3. The van der Waals surface area contributed by atoms with Crippen molar-refractivity contribution in [1.82, 2.24) is 4.90 Å². The molecule has 0 aromatic heterocycles. The molecule has 2 aromatic carbocycles. The molecule has 0 aliphatic heterocycles. The Kier molecular flexibility index (Phi) is 6.77. The Morgan fingerprint density at radius 2 is 1.35 bits per heavy atom. The lowest BCUT2D eigenvalue weighted by Crippen LogP contribution is -2.34. The van der Waals surface area contributed by atoms with Gasteiger partial charge in [0.05, 0.1) is 6.42 Å². The Balaban J connectivity index is 2.25. The minimum absolute atomic E-state index is 0.182. The van der Waals surface area contributed by atoms with Crippen LogP contribution >= 0.6 is 23.2 Å². The number of benzene rings is 2. The number of carboxylic acid groups (broad SMARTS) is 1. The molecule has 0 saturated carbocycles. The Bertz CT molecular complexity index is 758. The van der Waals surface area contributed by atoms with Gasteiger partial charge in [0.1, 0.15) is 0 Å². The summed E-state index contributed by atoms with van der Waals surface area (Å²) in [6, 6.07) is 14.5. The fraction of sp³-hybridized carbons (Fsp3) is 0.211. The van der Waals surface area contributed by atoms with Crippen LogP contribution in [0.25, 0.3) is 0 Å². The molecule has 0 heterocycles. The van der Waals surface area contributed by atoms with E-state index >= 15 is 0 Å². The van der Waals surface area contributed by atoms with Gasteiger partial charge in [0.25, 0.3) is 0 Å². The van der Waals surface area contributed by atoms with Crippen LogP contribution in [0.3, 0.4) is 0 Å². The second-order valence-electron chi connectivity index (χ2n) is 5.84. The molecule has 0 atom stereocenters. The van der Waals surface area contributed by atoms with Crippen LogP contribution in [0.2, 0.25) is 10.0 Å². The Morgan fingerprint density at radius 1 is 0.923 bits per heavy atom. The maximum atomic E-state index is 12.2. The topological polar surface area (TPSA) is 74.7 Å². The minimum Gasteiger partial charge on any atom is -0.475 e. The summed E-state index contributed by atoms with van der Waals surface area (Å²) in [7, 11) is 1.54. The van der Waals surface area contributed by atoms with E-state index < -0.39 is 24.1 Å². The molecule has 0 unspecified atom stereocenters. The average Bonchev–Trinajstić information content (AvgIpc) is 2.61. The van der Waals surface area contributed by atoms with Crippen molar-refractivity contribution >= 4 is 40.9 Å². The molecule has 1 N–H and O–H groups in total. The fourth-order valence-corrected chi connectivity index (χ4v) is 2.77. The number of likely N-dealkylation sites (N-methyl/N-ethyl adjacent to an activating group) is 1. The molecule has 2 rings (SSSR count). The molecule has 136 valence electrons. The highest BCUT2D eigenvalue weighted by Gasteiger charge is 2.23. The third-order valence-corrected chi connectivity index (χ3v) is 4.48. The number of nitrogens with zero attached hydrogens (tertiary/aromatic N) is 1. The largest absolute Gasteiger partial charge is 0.475 e. The Labute approximate surface area is 161 Å². The smallest absolute Gasteiger partial charge is 0.372 e. The maximum absolute atomic E-state index is 12.2. The van der Waals surface area contributed by atoms with Gasteiger partial charge in [0.2, 0.25) is 11.7 Å². The van der Waals surface area contributed by atoms with Crippen molar-refractivity contribution in [3.63, 3.8) is 0 Å². The van der Waals surface area contributed by atoms with E-state index in [1.54, 1.807) is 24.3 Å². The van der Waals surface area contributed by atoms with E-state index in [-0.39, 0.29) is 12.5 Å². The third kappa shape index (κ3) is 5.31. The first kappa shape index (κ1) is 19.9. The highest BCUT2D eigenvalue weighted by molar-refractivity contribution is 6.36. The van der Waals surface area contributed by atoms with Gasteiger partial charge in [-0.15, -0.1) is 0 Å². The molecular formula is C19H17Cl2NO4. The number of carboxylic acids is 1. The van der Waals surface area contributed by atoms with Crippen molar-refractivity contribution in [1.29, 1.82) is 0 Å². The second kappa shape index (κ2) is 8.83. The summed E-state index contributed by atoms with van der Waals surface area (Å²) in [6.45, 7) is 0.273. The van der Waals surface area contributed by atoms with Crippen molar-refractivity contribution in [2.24, 2.45) is 0 Å². The number of aliphatic carboxylic acids is 1.